The van der Waals surface area contributed by atoms with Crippen LogP contribution in [0.5, 0.6) is 0 Å². The molecule has 27 heavy (non-hydrogen) atoms. The van der Waals surface area contributed by atoms with E-state index in [1.807, 2.05) is 0 Å². The van der Waals surface area contributed by atoms with Crippen molar-refractivity contribution in [1.82, 2.24) is 21.1 Å². The number of alkyl halides is 3. The second-order valence-corrected chi connectivity index (χ2v) is 6.69. The van der Waals surface area contributed by atoms with E-state index in [1.54, 1.807) is 37.3 Å². The fourth-order valence-corrected chi connectivity index (χ4v) is 3.59. The molecule has 0 aromatic heterocycles. The van der Waals surface area contributed by atoms with Crippen LogP contribution in [-0.2, 0) is 9.59 Å². The molecule has 0 bridgehead atoms. The molecule has 3 N–H and O–H groups in total. The molecule has 2 aliphatic rings. The van der Waals surface area contributed by atoms with E-state index >= 15 is 0 Å². The maximum Gasteiger partial charge on any atom is 0.406 e. The quantitative estimate of drug-likeness (QED) is 0.742. The Bertz CT molecular complexity index is 764. The lowest BCUT2D eigenvalue weighted by atomic mass is 9.89. The van der Waals surface area contributed by atoms with Crippen LogP contribution >= 0.6 is 0 Å². The van der Waals surface area contributed by atoms with Gasteiger partial charge in [-0.3, -0.25) is 14.6 Å². The molecular formula is C18H21F3N4O2. The zero-order valence-corrected chi connectivity index (χ0v) is 14.9. The first-order valence-electron chi connectivity index (χ1n) is 8.62. The predicted molar refractivity (Wildman–Crippen MR) is 91.9 cm³/mol. The van der Waals surface area contributed by atoms with Crippen molar-refractivity contribution in [2.24, 2.45) is 0 Å². The largest absolute Gasteiger partial charge is 0.406 e. The van der Waals surface area contributed by atoms with Gasteiger partial charge >= 0.3 is 6.18 Å². The first-order valence-corrected chi connectivity index (χ1v) is 8.62. The number of halogens is 3. The number of allylic oxidation sites excluding steroid dienone is 1. The average molecular weight is 382 g/mol. The number of carbonyl (C=O) groups is 2. The summed E-state index contributed by atoms with van der Waals surface area (Å²) >= 11 is 0. The van der Waals surface area contributed by atoms with Crippen LogP contribution in [0.4, 0.5) is 13.2 Å². The van der Waals surface area contributed by atoms with Crippen LogP contribution in [0.15, 0.2) is 41.6 Å². The van der Waals surface area contributed by atoms with Gasteiger partial charge in [-0.25, -0.2) is 5.43 Å². The summed E-state index contributed by atoms with van der Waals surface area (Å²) in [5.41, 5.74) is 3.73. The molecule has 0 aliphatic carbocycles. The molecule has 1 aromatic rings. The molecule has 146 valence electrons. The molecule has 0 spiro atoms. The first kappa shape index (κ1) is 19.2. The van der Waals surface area contributed by atoms with E-state index in [0.29, 0.717) is 16.8 Å². The molecule has 3 rings (SSSR count). The second kappa shape index (κ2) is 7.22. The molecule has 3 atom stereocenters. The number of fused-ring (bicyclic) bond motifs is 1. The van der Waals surface area contributed by atoms with Crippen molar-refractivity contribution in [3.63, 3.8) is 0 Å². The van der Waals surface area contributed by atoms with Gasteiger partial charge in [0.15, 0.2) is 0 Å². The Morgan fingerprint density at radius 3 is 2.52 bits per heavy atom. The number of nitrogens with zero attached hydrogens (tertiary/aromatic N) is 1. The number of amides is 2. The highest BCUT2D eigenvalue weighted by Gasteiger charge is 2.57. The average Bonchev–Trinajstić information content (AvgIpc) is 2.98. The third-order valence-electron chi connectivity index (χ3n) is 4.84. The van der Waals surface area contributed by atoms with Gasteiger partial charge in [0, 0.05) is 24.7 Å². The lowest BCUT2D eigenvalue weighted by Gasteiger charge is -2.35. The van der Waals surface area contributed by atoms with Gasteiger partial charge < -0.3 is 10.6 Å². The Labute approximate surface area is 154 Å². The van der Waals surface area contributed by atoms with Crippen LogP contribution in [0.2, 0.25) is 0 Å². The van der Waals surface area contributed by atoms with Crippen LogP contribution in [0.25, 0.3) is 0 Å². The number of carbonyl (C=O) groups excluding carboxylic acids is 2. The maximum absolute atomic E-state index is 13.7. The van der Waals surface area contributed by atoms with Crippen LogP contribution in [-0.4, -0.2) is 41.8 Å². The Morgan fingerprint density at radius 1 is 1.26 bits per heavy atom. The SMILES string of the molecule is CC(=O)NCCC1=C(C)NC2C(c3ccccc3)C(C(F)(F)F)NN2C1=O. The van der Waals surface area contributed by atoms with Crippen LogP contribution in [0, 0.1) is 0 Å². The Hall–Kier alpha value is -2.55. The monoisotopic (exact) mass is 382 g/mol. The number of hydrogen-bond acceptors (Lipinski definition) is 4. The summed E-state index contributed by atoms with van der Waals surface area (Å²) in [5, 5.41) is 6.68. The number of hydrazine groups is 1. The van der Waals surface area contributed by atoms with E-state index in [1.165, 1.54) is 6.92 Å². The van der Waals surface area contributed by atoms with Gasteiger partial charge in [0.1, 0.15) is 12.2 Å². The van der Waals surface area contributed by atoms with E-state index in [2.05, 4.69) is 16.1 Å². The van der Waals surface area contributed by atoms with Gasteiger partial charge in [0.2, 0.25) is 5.91 Å². The number of hydrogen-bond donors (Lipinski definition) is 3. The summed E-state index contributed by atoms with van der Waals surface area (Å²) < 4.78 is 41.0. The molecule has 2 amide bonds. The smallest absolute Gasteiger partial charge is 0.367 e. The minimum atomic E-state index is -4.52. The summed E-state index contributed by atoms with van der Waals surface area (Å²) in [6.07, 6.45) is -5.14. The topological polar surface area (TPSA) is 73.5 Å². The van der Waals surface area contributed by atoms with Gasteiger partial charge in [-0.15, -0.1) is 0 Å². The molecule has 2 heterocycles. The third kappa shape index (κ3) is 3.78. The van der Waals surface area contributed by atoms with Gasteiger partial charge in [-0.05, 0) is 18.9 Å². The van der Waals surface area contributed by atoms with Crippen LogP contribution in [0.3, 0.4) is 0 Å². The van der Waals surface area contributed by atoms with Gasteiger partial charge in [0.05, 0.1) is 5.92 Å². The normalized spacial score (nSPS) is 25.3. The Balaban J connectivity index is 1.90. The lowest BCUT2D eigenvalue weighted by molar-refractivity contribution is -0.161. The van der Waals surface area contributed by atoms with Crippen molar-refractivity contribution in [2.45, 2.75) is 44.6 Å². The number of rotatable bonds is 4. The zero-order chi connectivity index (χ0) is 19.8. The van der Waals surface area contributed by atoms with E-state index in [4.69, 9.17) is 0 Å². The molecule has 2 aliphatic heterocycles. The van der Waals surface area contributed by atoms with E-state index in [0.717, 1.165) is 5.01 Å². The summed E-state index contributed by atoms with van der Waals surface area (Å²) in [6.45, 7) is 3.26. The molecule has 1 saturated heterocycles. The van der Waals surface area contributed by atoms with Gasteiger partial charge in [-0.1, -0.05) is 30.3 Å². The fraction of sp³-hybridized carbons (Fsp3) is 0.444. The molecule has 6 nitrogen and oxygen atoms in total. The summed E-state index contributed by atoms with van der Waals surface area (Å²) in [5.74, 6) is -1.72. The molecule has 1 aromatic carbocycles. The molecule has 3 unspecified atom stereocenters. The summed E-state index contributed by atoms with van der Waals surface area (Å²) in [7, 11) is 0. The Morgan fingerprint density at radius 2 is 1.93 bits per heavy atom. The van der Waals surface area contributed by atoms with Crippen molar-refractivity contribution >= 4 is 11.8 Å². The fourth-order valence-electron chi connectivity index (χ4n) is 3.59. The first-order chi connectivity index (χ1) is 12.7. The second-order valence-electron chi connectivity index (χ2n) is 6.69. The summed E-state index contributed by atoms with van der Waals surface area (Å²) in [4.78, 5) is 23.8. The van der Waals surface area contributed by atoms with Gasteiger partial charge in [0.25, 0.3) is 5.91 Å². The minimum absolute atomic E-state index is 0.231. The maximum atomic E-state index is 13.7. The highest BCUT2D eigenvalue weighted by atomic mass is 19.4. The standard InChI is InChI=1S/C18H21F3N4O2/c1-10-13(8-9-22-11(2)26)17(27)25-16(23-10)14(12-6-4-3-5-7-12)15(24-25)18(19,20)21/h3-7,14-16,23-24H,8-9H2,1-2H3,(H,22,26). The minimum Gasteiger partial charge on any atom is -0.367 e. The zero-order valence-electron chi connectivity index (χ0n) is 14.9. The molecule has 0 radical (unpaired) electrons. The van der Waals surface area contributed by atoms with Crippen LogP contribution in [0.1, 0.15) is 31.7 Å². The van der Waals surface area contributed by atoms with E-state index in [9.17, 15) is 22.8 Å². The molecular weight excluding hydrogens is 361 g/mol. The van der Waals surface area contributed by atoms with Crippen LogP contribution < -0.4 is 16.1 Å². The highest BCUT2D eigenvalue weighted by Crippen LogP contribution is 2.41. The van der Waals surface area contributed by atoms with Gasteiger partial charge in [-0.2, -0.15) is 13.2 Å². The highest BCUT2D eigenvalue weighted by molar-refractivity contribution is 5.95. The third-order valence-corrected chi connectivity index (χ3v) is 4.84. The summed E-state index contributed by atoms with van der Waals surface area (Å²) in [6, 6.07) is 6.47. The molecule has 9 heteroatoms. The van der Waals surface area contributed by atoms with E-state index < -0.39 is 30.2 Å². The number of nitrogens with one attached hydrogen (secondary N) is 3. The molecule has 0 saturated carbocycles. The van der Waals surface area contributed by atoms with Crippen molar-refractivity contribution in [2.75, 3.05) is 6.54 Å². The Kier molecular flexibility index (Phi) is 5.14. The van der Waals surface area contributed by atoms with Crippen molar-refractivity contribution in [3.8, 4) is 0 Å². The van der Waals surface area contributed by atoms with Crippen molar-refractivity contribution in [1.29, 1.82) is 0 Å². The molecule has 1 fully saturated rings. The van der Waals surface area contributed by atoms with Crippen molar-refractivity contribution < 1.29 is 22.8 Å². The van der Waals surface area contributed by atoms with Crippen molar-refractivity contribution in [3.05, 3.63) is 47.2 Å². The lowest BCUT2D eigenvalue weighted by Crippen LogP contribution is -2.55. The predicted octanol–water partition coefficient (Wildman–Crippen LogP) is 1.78. The van der Waals surface area contributed by atoms with E-state index in [-0.39, 0.29) is 18.9 Å². The number of benzene rings is 1.